The molecule has 58 valence electrons. The van der Waals surface area contributed by atoms with Gasteiger partial charge in [0.1, 0.15) is 6.10 Å². The molecule has 3 N–H and O–H groups in total. The quantitative estimate of drug-likeness (QED) is 0.425. The van der Waals surface area contributed by atoms with Crippen LogP contribution in [0.15, 0.2) is 11.6 Å². The molecule has 0 fully saturated rings. The lowest BCUT2D eigenvalue weighted by Crippen LogP contribution is -2.27. The fraction of sp³-hybridized carbons (Fsp3) is 0.714. The normalized spacial score (nSPS) is 40.0. The van der Waals surface area contributed by atoms with Gasteiger partial charge in [-0.25, -0.2) is 0 Å². The monoisotopic (exact) mass is 144 g/mol. The van der Waals surface area contributed by atoms with Crippen LogP contribution in [0.25, 0.3) is 0 Å². The summed E-state index contributed by atoms with van der Waals surface area (Å²) in [5.41, 5.74) is 0.528. The molecule has 0 saturated carbocycles. The summed E-state index contributed by atoms with van der Waals surface area (Å²) in [4.78, 5) is 0. The van der Waals surface area contributed by atoms with E-state index in [-0.39, 0.29) is 12.5 Å². The summed E-state index contributed by atoms with van der Waals surface area (Å²) >= 11 is 0. The van der Waals surface area contributed by atoms with Crippen LogP contribution in [0.1, 0.15) is 6.92 Å². The Hall–Kier alpha value is -0.380. The number of aliphatic hydroxyl groups excluding tert-OH is 3. The first kappa shape index (κ1) is 7.72. The Morgan fingerprint density at radius 3 is 2.30 bits per heavy atom. The Morgan fingerprint density at radius 1 is 1.50 bits per heavy atom. The van der Waals surface area contributed by atoms with E-state index in [2.05, 4.69) is 0 Å². The molecule has 0 aromatic heterocycles. The number of hydrogen-bond donors (Lipinski definition) is 3. The summed E-state index contributed by atoms with van der Waals surface area (Å²) in [6.07, 6.45) is 0.108. The van der Waals surface area contributed by atoms with Crippen molar-refractivity contribution in [2.24, 2.45) is 5.92 Å². The lowest BCUT2D eigenvalue weighted by molar-refractivity contribution is 0.0292. The van der Waals surface area contributed by atoms with Gasteiger partial charge in [-0.2, -0.15) is 0 Å². The molecule has 1 rings (SSSR count). The second-order valence-electron chi connectivity index (χ2n) is 2.69. The first-order valence-corrected chi connectivity index (χ1v) is 3.34. The fourth-order valence-corrected chi connectivity index (χ4v) is 1.19. The molecule has 0 heterocycles. The summed E-state index contributed by atoms with van der Waals surface area (Å²) in [7, 11) is 0. The Balaban J connectivity index is 2.68. The molecule has 0 amide bonds. The molecule has 0 aromatic rings. The zero-order valence-electron chi connectivity index (χ0n) is 5.86. The molecule has 0 radical (unpaired) electrons. The van der Waals surface area contributed by atoms with Gasteiger partial charge in [0.05, 0.1) is 12.7 Å². The lowest BCUT2D eigenvalue weighted by Gasteiger charge is -2.13. The molecule has 1 aliphatic rings. The minimum absolute atomic E-state index is 0.0443. The van der Waals surface area contributed by atoms with Crippen LogP contribution in [0.5, 0.6) is 0 Å². The standard InChI is InChI=1S/C7H12O3/c1-4-2-5(3-8)7(10)6(4)9/h2,4,6-10H,3H2,1H3/t4-,6+,7-/m1/s1. The van der Waals surface area contributed by atoms with Crippen molar-refractivity contribution < 1.29 is 15.3 Å². The van der Waals surface area contributed by atoms with Gasteiger partial charge in [-0.3, -0.25) is 0 Å². The largest absolute Gasteiger partial charge is 0.392 e. The molecule has 0 bridgehead atoms. The van der Waals surface area contributed by atoms with Gasteiger partial charge in [-0.15, -0.1) is 0 Å². The molecule has 3 nitrogen and oxygen atoms in total. The summed E-state index contributed by atoms with van der Waals surface area (Å²) < 4.78 is 0. The van der Waals surface area contributed by atoms with Crippen molar-refractivity contribution in [1.29, 1.82) is 0 Å². The molecule has 0 saturated heterocycles. The molecule has 3 heteroatoms. The maximum absolute atomic E-state index is 9.15. The van der Waals surface area contributed by atoms with E-state index in [1.54, 1.807) is 13.0 Å². The molecule has 10 heavy (non-hydrogen) atoms. The van der Waals surface area contributed by atoms with Crippen LogP contribution in [0, 0.1) is 5.92 Å². The Bertz CT molecular complexity index is 153. The lowest BCUT2D eigenvalue weighted by atomic mass is 10.1. The van der Waals surface area contributed by atoms with Crippen LogP contribution < -0.4 is 0 Å². The number of aliphatic hydroxyl groups is 3. The number of rotatable bonds is 1. The van der Waals surface area contributed by atoms with E-state index in [1.165, 1.54) is 0 Å². The Kier molecular flexibility index (Phi) is 2.08. The van der Waals surface area contributed by atoms with E-state index in [0.29, 0.717) is 5.57 Å². The smallest absolute Gasteiger partial charge is 0.104 e. The van der Waals surface area contributed by atoms with Crippen LogP contribution in [0.4, 0.5) is 0 Å². The molecule has 0 spiro atoms. The third kappa shape index (κ3) is 1.08. The highest BCUT2D eigenvalue weighted by Gasteiger charge is 2.30. The van der Waals surface area contributed by atoms with Gasteiger partial charge in [-0.05, 0) is 5.57 Å². The summed E-state index contributed by atoms with van der Waals surface area (Å²) in [5.74, 6) is -0.0443. The van der Waals surface area contributed by atoms with Gasteiger partial charge in [0.15, 0.2) is 0 Å². The summed E-state index contributed by atoms with van der Waals surface area (Å²) in [6, 6.07) is 0. The molecule has 0 aliphatic heterocycles. The number of hydrogen-bond acceptors (Lipinski definition) is 3. The highest BCUT2D eigenvalue weighted by molar-refractivity contribution is 5.20. The van der Waals surface area contributed by atoms with Crippen LogP contribution >= 0.6 is 0 Å². The highest BCUT2D eigenvalue weighted by Crippen LogP contribution is 2.23. The van der Waals surface area contributed by atoms with E-state index in [0.717, 1.165) is 0 Å². The minimum Gasteiger partial charge on any atom is -0.392 e. The third-order valence-electron chi connectivity index (χ3n) is 1.90. The maximum atomic E-state index is 9.15. The first-order valence-electron chi connectivity index (χ1n) is 3.34. The van der Waals surface area contributed by atoms with Crippen molar-refractivity contribution in [3.8, 4) is 0 Å². The van der Waals surface area contributed by atoms with Crippen molar-refractivity contribution in [2.75, 3.05) is 6.61 Å². The third-order valence-corrected chi connectivity index (χ3v) is 1.90. The van der Waals surface area contributed by atoms with Crippen molar-refractivity contribution in [1.82, 2.24) is 0 Å². The Labute approximate surface area is 59.6 Å². The molecular formula is C7H12O3. The van der Waals surface area contributed by atoms with E-state index >= 15 is 0 Å². The van der Waals surface area contributed by atoms with Gasteiger partial charge >= 0.3 is 0 Å². The molecule has 0 aromatic carbocycles. The van der Waals surface area contributed by atoms with Crippen molar-refractivity contribution in [3.63, 3.8) is 0 Å². The predicted molar refractivity (Wildman–Crippen MR) is 36.3 cm³/mol. The topological polar surface area (TPSA) is 60.7 Å². The van der Waals surface area contributed by atoms with Gasteiger partial charge < -0.3 is 15.3 Å². The SMILES string of the molecule is C[C@@H]1C=C(CO)[C@@H](O)[C@H]1O. The van der Waals surface area contributed by atoms with Crippen molar-refractivity contribution >= 4 is 0 Å². The average Bonchev–Trinajstić information content (AvgIpc) is 2.17. The average molecular weight is 144 g/mol. The molecular weight excluding hydrogens is 132 g/mol. The van der Waals surface area contributed by atoms with E-state index in [1.807, 2.05) is 0 Å². The van der Waals surface area contributed by atoms with Crippen LogP contribution in [-0.2, 0) is 0 Å². The minimum atomic E-state index is -0.861. The van der Waals surface area contributed by atoms with Crippen molar-refractivity contribution in [3.05, 3.63) is 11.6 Å². The van der Waals surface area contributed by atoms with Gasteiger partial charge in [0, 0.05) is 5.92 Å². The van der Waals surface area contributed by atoms with Gasteiger partial charge in [-0.1, -0.05) is 13.0 Å². The predicted octanol–water partition coefficient (Wildman–Crippen LogP) is -0.723. The van der Waals surface area contributed by atoms with Gasteiger partial charge in [0.25, 0.3) is 0 Å². The zero-order chi connectivity index (χ0) is 7.72. The van der Waals surface area contributed by atoms with E-state index in [9.17, 15) is 0 Å². The highest BCUT2D eigenvalue weighted by atomic mass is 16.3. The second-order valence-corrected chi connectivity index (χ2v) is 2.69. The molecule has 3 atom stereocenters. The first-order chi connectivity index (χ1) is 4.66. The molecule has 0 unspecified atom stereocenters. The van der Waals surface area contributed by atoms with Crippen molar-refractivity contribution in [2.45, 2.75) is 19.1 Å². The van der Waals surface area contributed by atoms with Crippen LogP contribution in [0.3, 0.4) is 0 Å². The van der Waals surface area contributed by atoms with E-state index < -0.39 is 12.2 Å². The van der Waals surface area contributed by atoms with Crippen LogP contribution in [-0.4, -0.2) is 34.1 Å². The zero-order valence-corrected chi connectivity index (χ0v) is 5.86. The maximum Gasteiger partial charge on any atom is 0.104 e. The second kappa shape index (κ2) is 2.70. The Morgan fingerprint density at radius 2 is 2.10 bits per heavy atom. The van der Waals surface area contributed by atoms with Crippen LogP contribution in [0.2, 0.25) is 0 Å². The fourth-order valence-electron chi connectivity index (χ4n) is 1.19. The van der Waals surface area contributed by atoms with Gasteiger partial charge in [0.2, 0.25) is 0 Å². The molecule has 1 aliphatic carbocycles. The van der Waals surface area contributed by atoms with E-state index in [4.69, 9.17) is 15.3 Å². The summed E-state index contributed by atoms with van der Waals surface area (Å²) in [6.45, 7) is 1.64. The summed E-state index contributed by atoms with van der Waals surface area (Å²) in [5, 5.41) is 26.9.